The Bertz CT molecular complexity index is 1000. The lowest BCUT2D eigenvalue weighted by Gasteiger charge is -2.40. The molecule has 3 rings (SSSR count). The molecule has 0 radical (unpaired) electrons. The van der Waals surface area contributed by atoms with E-state index in [1.54, 1.807) is 7.05 Å². The summed E-state index contributed by atoms with van der Waals surface area (Å²) in [7, 11) is 1.63. The minimum Gasteiger partial charge on any atom is -0.377 e. The number of rotatable bonds is 4. The highest BCUT2D eigenvalue weighted by atomic mass is 32.1. The summed E-state index contributed by atoms with van der Waals surface area (Å²) >= 11 is 1.26. The molecule has 1 fully saturated rings. The van der Waals surface area contributed by atoms with Crippen LogP contribution in [0.5, 0.6) is 0 Å². The van der Waals surface area contributed by atoms with Crippen LogP contribution >= 0.6 is 11.3 Å². The topological polar surface area (TPSA) is 86.1 Å². The van der Waals surface area contributed by atoms with E-state index in [9.17, 15) is 9.59 Å². The fraction of sp³-hybridized carbons (Fsp3) is 0.636. The molecule has 1 amide bonds. The predicted octanol–water partition coefficient (Wildman–Crippen LogP) is 3.40. The van der Waals surface area contributed by atoms with Crippen LogP contribution in [0.3, 0.4) is 0 Å². The number of nitrogens with zero attached hydrogens (tertiary/aromatic N) is 3. The minimum absolute atomic E-state index is 0.0279. The number of nitrogens with one attached hydrogen (secondary N) is 1. The molecule has 0 saturated carbocycles. The van der Waals surface area contributed by atoms with Crippen LogP contribution in [-0.4, -0.2) is 39.9 Å². The van der Waals surface area contributed by atoms with Crippen molar-refractivity contribution in [1.82, 2.24) is 20.1 Å². The van der Waals surface area contributed by atoms with E-state index in [1.807, 2.05) is 20.8 Å². The molecule has 0 unspecified atom stereocenters. The molecule has 8 heteroatoms. The smallest absolute Gasteiger partial charge is 0.277 e. The number of hydrogen-bond donors (Lipinski definition) is 1. The van der Waals surface area contributed by atoms with Crippen LogP contribution in [0.1, 0.15) is 60.2 Å². The highest BCUT2D eigenvalue weighted by Crippen LogP contribution is 2.34. The SMILES string of the molecule is Cc1nc(-c2c(C)c(C)nn(C)c2=O)sc1C(=O)NC[C@@H]1CCCO[C@H]1C(C)(C)C. The summed E-state index contributed by atoms with van der Waals surface area (Å²) in [4.78, 5) is 30.7. The van der Waals surface area contributed by atoms with E-state index in [0.717, 1.165) is 30.7 Å². The predicted molar refractivity (Wildman–Crippen MR) is 119 cm³/mol. The molecule has 0 spiro atoms. The van der Waals surface area contributed by atoms with E-state index in [0.29, 0.717) is 27.7 Å². The molecule has 0 aliphatic carbocycles. The summed E-state index contributed by atoms with van der Waals surface area (Å²) in [6.45, 7) is 13.4. The molecule has 1 N–H and O–H groups in total. The Kier molecular flexibility index (Phi) is 6.48. The summed E-state index contributed by atoms with van der Waals surface area (Å²) < 4.78 is 7.35. The average molecular weight is 433 g/mol. The van der Waals surface area contributed by atoms with Gasteiger partial charge in [0.2, 0.25) is 0 Å². The molecular formula is C22H32N4O3S. The van der Waals surface area contributed by atoms with Gasteiger partial charge in [0.1, 0.15) is 9.88 Å². The van der Waals surface area contributed by atoms with Gasteiger partial charge < -0.3 is 10.1 Å². The summed E-state index contributed by atoms with van der Waals surface area (Å²) in [5, 5.41) is 7.87. The van der Waals surface area contributed by atoms with E-state index >= 15 is 0 Å². The number of aromatic nitrogens is 3. The van der Waals surface area contributed by atoms with Gasteiger partial charge in [-0.25, -0.2) is 9.67 Å². The molecule has 7 nitrogen and oxygen atoms in total. The molecule has 3 heterocycles. The van der Waals surface area contributed by atoms with Crippen LogP contribution in [0.4, 0.5) is 0 Å². The molecule has 1 aliphatic rings. The molecule has 30 heavy (non-hydrogen) atoms. The molecular weight excluding hydrogens is 400 g/mol. The Labute approximate surface area is 181 Å². The van der Waals surface area contributed by atoms with Gasteiger partial charge in [-0.05, 0) is 44.6 Å². The number of carbonyl (C=O) groups excluding carboxylic acids is 1. The van der Waals surface area contributed by atoms with Crippen molar-refractivity contribution in [2.75, 3.05) is 13.2 Å². The van der Waals surface area contributed by atoms with Gasteiger partial charge in [-0.15, -0.1) is 11.3 Å². The Balaban J connectivity index is 1.81. The van der Waals surface area contributed by atoms with E-state index in [1.165, 1.54) is 16.0 Å². The van der Waals surface area contributed by atoms with Crippen molar-refractivity contribution in [3.8, 4) is 10.6 Å². The number of amides is 1. The number of ether oxygens (including phenoxy) is 1. The number of hydrogen-bond acceptors (Lipinski definition) is 6. The Hall–Kier alpha value is -2.06. The molecule has 2 aromatic rings. The molecule has 2 aromatic heterocycles. The molecule has 164 valence electrons. The Morgan fingerprint density at radius 1 is 1.27 bits per heavy atom. The van der Waals surface area contributed by atoms with Crippen molar-refractivity contribution >= 4 is 17.2 Å². The monoisotopic (exact) mass is 432 g/mol. The Morgan fingerprint density at radius 2 is 1.97 bits per heavy atom. The zero-order chi connectivity index (χ0) is 22.2. The number of carbonyl (C=O) groups is 1. The van der Waals surface area contributed by atoms with Crippen LogP contribution in [0.25, 0.3) is 10.6 Å². The summed E-state index contributed by atoms with van der Waals surface area (Å²) in [5.74, 6) is 0.141. The van der Waals surface area contributed by atoms with Crippen molar-refractivity contribution in [2.45, 2.75) is 60.5 Å². The van der Waals surface area contributed by atoms with Gasteiger partial charge in [0.05, 0.1) is 23.1 Å². The summed E-state index contributed by atoms with van der Waals surface area (Å²) in [5.41, 5.74) is 2.55. The second-order valence-corrected chi connectivity index (χ2v) is 10.2. The lowest BCUT2D eigenvalue weighted by atomic mass is 9.78. The van der Waals surface area contributed by atoms with Crippen molar-refractivity contribution in [3.05, 3.63) is 32.2 Å². The van der Waals surface area contributed by atoms with Crippen molar-refractivity contribution in [3.63, 3.8) is 0 Å². The first-order chi connectivity index (χ1) is 14.0. The fourth-order valence-electron chi connectivity index (χ4n) is 4.13. The highest BCUT2D eigenvalue weighted by molar-refractivity contribution is 7.17. The van der Waals surface area contributed by atoms with Gasteiger partial charge in [0, 0.05) is 26.1 Å². The number of aryl methyl sites for hydroxylation is 3. The molecule has 0 bridgehead atoms. The summed E-state index contributed by atoms with van der Waals surface area (Å²) in [6, 6.07) is 0. The minimum atomic E-state index is -0.203. The van der Waals surface area contributed by atoms with Crippen LogP contribution in [0, 0.1) is 32.1 Å². The third-order valence-electron chi connectivity index (χ3n) is 5.77. The van der Waals surface area contributed by atoms with Crippen LogP contribution in [0.15, 0.2) is 4.79 Å². The van der Waals surface area contributed by atoms with Crippen LogP contribution < -0.4 is 10.9 Å². The fourth-order valence-corrected chi connectivity index (χ4v) is 5.20. The molecule has 1 saturated heterocycles. The van der Waals surface area contributed by atoms with Crippen molar-refractivity contribution < 1.29 is 9.53 Å². The van der Waals surface area contributed by atoms with Gasteiger partial charge in [-0.3, -0.25) is 9.59 Å². The number of thiazole rings is 1. The van der Waals surface area contributed by atoms with Crippen molar-refractivity contribution in [2.24, 2.45) is 18.4 Å². The van der Waals surface area contributed by atoms with E-state index < -0.39 is 0 Å². The third-order valence-corrected chi connectivity index (χ3v) is 6.94. The molecule has 2 atom stereocenters. The Morgan fingerprint density at radius 3 is 2.63 bits per heavy atom. The van der Waals surface area contributed by atoms with Crippen LogP contribution in [-0.2, 0) is 11.8 Å². The van der Waals surface area contributed by atoms with Gasteiger partial charge in [0.15, 0.2) is 0 Å². The maximum atomic E-state index is 12.9. The second kappa shape index (κ2) is 8.59. The quantitative estimate of drug-likeness (QED) is 0.800. The van der Waals surface area contributed by atoms with Gasteiger partial charge in [0.25, 0.3) is 11.5 Å². The van der Waals surface area contributed by atoms with E-state index in [4.69, 9.17) is 4.74 Å². The first-order valence-electron chi connectivity index (χ1n) is 10.4. The lowest BCUT2D eigenvalue weighted by Crippen LogP contribution is -2.45. The lowest BCUT2D eigenvalue weighted by molar-refractivity contribution is -0.0839. The van der Waals surface area contributed by atoms with E-state index in [-0.39, 0.29) is 28.9 Å². The van der Waals surface area contributed by atoms with Crippen molar-refractivity contribution in [1.29, 1.82) is 0 Å². The van der Waals surface area contributed by atoms with Gasteiger partial charge >= 0.3 is 0 Å². The molecule has 0 aromatic carbocycles. The maximum Gasteiger partial charge on any atom is 0.277 e. The second-order valence-electron chi connectivity index (χ2n) is 9.22. The molecule has 1 aliphatic heterocycles. The highest BCUT2D eigenvalue weighted by Gasteiger charge is 2.35. The summed E-state index contributed by atoms with van der Waals surface area (Å²) in [6.07, 6.45) is 2.18. The largest absolute Gasteiger partial charge is 0.377 e. The van der Waals surface area contributed by atoms with Crippen LogP contribution in [0.2, 0.25) is 0 Å². The maximum absolute atomic E-state index is 12.9. The van der Waals surface area contributed by atoms with E-state index in [2.05, 4.69) is 36.2 Å². The van der Waals surface area contributed by atoms with Gasteiger partial charge in [-0.1, -0.05) is 20.8 Å². The average Bonchev–Trinajstić information content (AvgIpc) is 3.05. The first kappa shape index (κ1) is 22.6. The zero-order valence-corrected chi connectivity index (χ0v) is 19.8. The first-order valence-corrected chi connectivity index (χ1v) is 11.2. The third kappa shape index (κ3) is 4.49. The standard InChI is InChI=1S/C22H32N4O3S/c1-12-13(2)25-26(7)21(28)16(12)20-24-14(3)17(30-20)19(27)23-11-15-9-8-10-29-18(15)22(4,5)6/h15,18H,8-11H2,1-7H3,(H,23,27)/t15-,18+/m0/s1. The van der Waals surface area contributed by atoms with Gasteiger partial charge in [-0.2, -0.15) is 5.10 Å². The normalized spacial score (nSPS) is 19.7. The zero-order valence-electron chi connectivity index (χ0n) is 19.0.